The number of methoxy groups -OCH3 is 3. The lowest BCUT2D eigenvalue weighted by Gasteiger charge is -2.16. The molecule has 25 heavy (non-hydrogen) atoms. The molecule has 3 N–H and O–H groups in total. The van der Waals surface area contributed by atoms with Gasteiger partial charge in [0.05, 0.1) is 32.2 Å². The van der Waals surface area contributed by atoms with E-state index in [1.807, 2.05) is 24.3 Å². The Morgan fingerprint density at radius 2 is 1.80 bits per heavy atom. The molecule has 1 aromatic heterocycles. The molecule has 0 unspecified atom stereocenters. The van der Waals surface area contributed by atoms with E-state index >= 15 is 0 Å². The number of aromatic nitrogens is 2. The predicted molar refractivity (Wildman–Crippen MR) is 97.4 cm³/mol. The van der Waals surface area contributed by atoms with Gasteiger partial charge in [0.25, 0.3) is 0 Å². The summed E-state index contributed by atoms with van der Waals surface area (Å²) in [6, 6.07) is 9.47. The van der Waals surface area contributed by atoms with E-state index in [1.54, 1.807) is 27.4 Å². The number of benzene rings is 2. The van der Waals surface area contributed by atoms with Crippen molar-refractivity contribution in [2.45, 2.75) is 6.54 Å². The molecule has 0 amide bonds. The fourth-order valence-electron chi connectivity index (χ4n) is 2.71. The lowest BCUT2D eigenvalue weighted by Crippen LogP contribution is -2.05. The van der Waals surface area contributed by atoms with E-state index in [-0.39, 0.29) is 0 Å². The van der Waals surface area contributed by atoms with Gasteiger partial charge in [0.1, 0.15) is 12.1 Å². The van der Waals surface area contributed by atoms with Crippen molar-refractivity contribution in [1.82, 2.24) is 9.97 Å². The monoisotopic (exact) mass is 340 g/mol. The van der Waals surface area contributed by atoms with Gasteiger partial charge in [0, 0.05) is 18.3 Å². The quantitative estimate of drug-likeness (QED) is 0.667. The molecule has 0 spiro atoms. The molecule has 0 aliphatic heterocycles. The molecule has 7 heteroatoms. The Bertz CT molecular complexity index is 899. The molecule has 0 radical (unpaired) electrons. The van der Waals surface area contributed by atoms with Crippen molar-refractivity contribution in [3.63, 3.8) is 0 Å². The Balaban J connectivity index is 2.06. The van der Waals surface area contributed by atoms with Crippen molar-refractivity contribution in [3.05, 3.63) is 42.2 Å². The molecule has 7 nitrogen and oxygen atoms in total. The molecule has 0 saturated carbocycles. The highest BCUT2D eigenvalue weighted by molar-refractivity contribution is 5.98. The van der Waals surface area contributed by atoms with Gasteiger partial charge in [-0.25, -0.2) is 9.97 Å². The van der Waals surface area contributed by atoms with Crippen molar-refractivity contribution in [3.8, 4) is 17.2 Å². The Labute approximate surface area is 145 Å². The fourth-order valence-corrected chi connectivity index (χ4v) is 2.71. The van der Waals surface area contributed by atoms with Crippen LogP contribution >= 0.6 is 0 Å². The first-order valence-corrected chi connectivity index (χ1v) is 7.70. The fraction of sp³-hybridized carbons (Fsp3) is 0.222. The van der Waals surface area contributed by atoms with Gasteiger partial charge < -0.3 is 25.3 Å². The Morgan fingerprint density at radius 3 is 2.48 bits per heavy atom. The molecule has 130 valence electrons. The number of nitrogens with two attached hydrogens (primary N) is 1. The summed E-state index contributed by atoms with van der Waals surface area (Å²) in [6.45, 7) is 0.564. The maximum atomic E-state index is 5.83. The van der Waals surface area contributed by atoms with Crippen molar-refractivity contribution < 1.29 is 14.2 Å². The summed E-state index contributed by atoms with van der Waals surface area (Å²) in [4.78, 5) is 8.67. The van der Waals surface area contributed by atoms with Crippen LogP contribution in [-0.4, -0.2) is 31.3 Å². The molecule has 0 aliphatic carbocycles. The average molecular weight is 340 g/mol. The van der Waals surface area contributed by atoms with E-state index in [1.165, 1.54) is 6.33 Å². The van der Waals surface area contributed by atoms with Crippen LogP contribution in [-0.2, 0) is 6.54 Å². The summed E-state index contributed by atoms with van der Waals surface area (Å²) >= 11 is 0. The van der Waals surface area contributed by atoms with Gasteiger partial charge in [-0.1, -0.05) is 12.1 Å². The van der Waals surface area contributed by atoms with Crippen LogP contribution in [0.2, 0.25) is 0 Å². The lowest BCUT2D eigenvalue weighted by atomic mass is 10.1. The lowest BCUT2D eigenvalue weighted by molar-refractivity contribution is 0.327. The second-order valence-corrected chi connectivity index (χ2v) is 5.36. The third kappa shape index (κ3) is 3.21. The smallest absolute Gasteiger partial charge is 0.204 e. The van der Waals surface area contributed by atoms with Gasteiger partial charge in [-0.2, -0.15) is 0 Å². The van der Waals surface area contributed by atoms with Crippen LogP contribution in [0.5, 0.6) is 17.2 Å². The van der Waals surface area contributed by atoms with Gasteiger partial charge >= 0.3 is 0 Å². The minimum absolute atomic E-state index is 0.499. The van der Waals surface area contributed by atoms with Crippen LogP contribution in [0.1, 0.15) is 5.56 Å². The summed E-state index contributed by atoms with van der Waals surface area (Å²) in [5, 5.41) is 4.04. The zero-order valence-electron chi connectivity index (χ0n) is 14.4. The van der Waals surface area contributed by atoms with E-state index in [0.29, 0.717) is 35.1 Å². The number of fused-ring (bicyclic) bond motifs is 1. The number of nitrogen functional groups attached to an aromatic ring is 1. The molecule has 2 aromatic carbocycles. The SMILES string of the molecule is COc1cc2ncnc(NCc3cccc(N)c3)c2c(OC)c1OC. The highest BCUT2D eigenvalue weighted by atomic mass is 16.5. The number of rotatable bonds is 6. The normalized spacial score (nSPS) is 10.5. The standard InChI is InChI=1S/C18H20N4O3/c1-23-14-8-13-15(17(25-3)16(14)24-2)18(22-10-21-13)20-9-11-5-4-6-12(19)7-11/h4-8,10H,9,19H2,1-3H3,(H,20,21,22). The van der Waals surface area contributed by atoms with E-state index in [0.717, 1.165) is 16.6 Å². The molecule has 0 aliphatic rings. The number of nitrogens with zero attached hydrogens (tertiary/aromatic N) is 2. The van der Waals surface area contributed by atoms with Crippen molar-refractivity contribution in [1.29, 1.82) is 0 Å². The van der Waals surface area contributed by atoms with E-state index in [4.69, 9.17) is 19.9 Å². The molecule has 3 aromatic rings. The number of anilines is 2. The van der Waals surface area contributed by atoms with Gasteiger partial charge in [-0.3, -0.25) is 0 Å². The molecular weight excluding hydrogens is 320 g/mol. The first kappa shape index (κ1) is 16.6. The summed E-state index contributed by atoms with van der Waals surface area (Å²) in [6.07, 6.45) is 1.50. The van der Waals surface area contributed by atoms with Gasteiger partial charge in [0.2, 0.25) is 5.75 Å². The summed E-state index contributed by atoms with van der Waals surface area (Å²) < 4.78 is 16.4. The van der Waals surface area contributed by atoms with Crippen molar-refractivity contribution in [2.24, 2.45) is 0 Å². The van der Waals surface area contributed by atoms with Gasteiger partial charge in [0.15, 0.2) is 11.5 Å². The van der Waals surface area contributed by atoms with E-state index < -0.39 is 0 Å². The number of nitrogens with one attached hydrogen (secondary N) is 1. The van der Waals surface area contributed by atoms with Crippen LogP contribution in [0.15, 0.2) is 36.7 Å². The minimum Gasteiger partial charge on any atom is -0.493 e. The maximum Gasteiger partial charge on any atom is 0.204 e. The second kappa shape index (κ2) is 7.12. The second-order valence-electron chi connectivity index (χ2n) is 5.36. The average Bonchev–Trinajstić information content (AvgIpc) is 2.64. The van der Waals surface area contributed by atoms with Gasteiger partial charge in [-0.15, -0.1) is 0 Å². The first-order chi connectivity index (χ1) is 12.2. The van der Waals surface area contributed by atoms with Crippen LogP contribution in [0.3, 0.4) is 0 Å². The van der Waals surface area contributed by atoms with E-state index in [2.05, 4.69) is 15.3 Å². The van der Waals surface area contributed by atoms with Crippen molar-refractivity contribution in [2.75, 3.05) is 32.4 Å². The summed E-state index contributed by atoms with van der Waals surface area (Å²) in [7, 11) is 4.71. The van der Waals surface area contributed by atoms with Crippen LogP contribution < -0.4 is 25.3 Å². The largest absolute Gasteiger partial charge is 0.493 e. The predicted octanol–water partition coefficient (Wildman–Crippen LogP) is 2.85. The highest BCUT2D eigenvalue weighted by Crippen LogP contribution is 2.44. The van der Waals surface area contributed by atoms with Crippen LogP contribution in [0, 0.1) is 0 Å². The molecule has 3 rings (SSSR count). The molecule has 0 bridgehead atoms. The minimum atomic E-state index is 0.499. The molecule has 0 saturated heterocycles. The van der Waals surface area contributed by atoms with Crippen molar-refractivity contribution >= 4 is 22.4 Å². The summed E-state index contributed by atoms with van der Waals surface area (Å²) in [5.74, 6) is 2.21. The summed E-state index contributed by atoms with van der Waals surface area (Å²) in [5.41, 5.74) is 8.29. The molecular formula is C18H20N4O3. The maximum absolute atomic E-state index is 5.83. The number of hydrogen-bond donors (Lipinski definition) is 2. The van der Waals surface area contributed by atoms with Gasteiger partial charge in [-0.05, 0) is 17.7 Å². The number of hydrogen-bond acceptors (Lipinski definition) is 7. The Hall–Kier alpha value is -3.22. The topological polar surface area (TPSA) is 91.5 Å². The first-order valence-electron chi connectivity index (χ1n) is 7.70. The third-order valence-corrected chi connectivity index (χ3v) is 3.84. The zero-order chi connectivity index (χ0) is 17.8. The van der Waals surface area contributed by atoms with Crippen LogP contribution in [0.25, 0.3) is 10.9 Å². The third-order valence-electron chi connectivity index (χ3n) is 3.84. The van der Waals surface area contributed by atoms with E-state index in [9.17, 15) is 0 Å². The highest BCUT2D eigenvalue weighted by Gasteiger charge is 2.19. The zero-order valence-corrected chi connectivity index (χ0v) is 14.4. The molecule has 0 fully saturated rings. The molecule has 1 heterocycles. The number of ether oxygens (including phenoxy) is 3. The van der Waals surface area contributed by atoms with Crippen LogP contribution in [0.4, 0.5) is 11.5 Å². The Morgan fingerprint density at radius 1 is 1.00 bits per heavy atom. The Kier molecular flexibility index (Phi) is 4.74. The molecule has 0 atom stereocenters.